The molecule has 0 saturated heterocycles. The fourth-order valence-corrected chi connectivity index (χ4v) is 2.47. The van der Waals surface area contributed by atoms with Gasteiger partial charge in [0.2, 0.25) is 0 Å². The van der Waals surface area contributed by atoms with Crippen molar-refractivity contribution in [2.24, 2.45) is 0 Å². The minimum absolute atomic E-state index is 0.134. The summed E-state index contributed by atoms with van der Waals surface area (Å²) < 4.78 is 51.3. The molecule has 0 aliphatic heterocycles. The molecule has 1 nitrogen and oxygen atoms in total. The molecule has 0 fully saturated rings. The number of alkyl halides is 4. The average Bonchev–Trinajstić information content (AvgIpc) is 2.76. The number of thiazole rings is 1. The summed E-state index contributed by atoms with van der Waals surface area (Å²) >= 11 is 6.63. The van der Waals surface area contributed by atoms with E-state index in [4.69, 9.17) is 11.6 Å². The van der Waals surface area contributed by atoms with E-state index in [1.807, 2.05) is 0 Å². The average molecular weight is 296 g/mol. The Morgan fingerprint density at radius 2 is 2.00 bits per heavy atom. The summed E-state index contributed by atoms with van der Waals surface area (Å²) in [7, 11) is 0. The van der Waals surface area contributed by atoms with E-state index in [0.29, 0.717) is 10.9 Å². The molecule has 0 spiro atoms. The first kappa shape index (κ1) is 13.3. The zero-order chi connectivity index (χ0) is 13.3. The maximum absolute atomic E-state index is 12.9. The maximum atomic E-state index is 12.9. The molecule has 0 radical (unpaired) electrons. The molecule has 1 aromatic heterocycles. The van der Waals surface area contributed by atoms with Gasteiger partial charge in [-0.2, -0.15) is 13.2 Å². The van der Waals surface area contributed by atoms with Crippen LogP contribution in [0.3, 0.4) is 0 Å². The first-order chi connectivity index (χ1) is 8.41. The van der Waals surface area contributed by atoms with Crippen LogP contribution >= 0.6 is 22.9 Å². The van der Waals surface area contributed by atoms with Crippen LogP contribution < -0.4 is 0 Å². The quantitative estimate of drug-likeness (QED) is 0.578. The maximum Gasteiger partial charge on any atom is 0.417 e. The molecule has 0 atom stereocenters. The van der Waals surface area contributed by atoms with Crippen LogP contribution in [0.5, 0.6) is 0 Å². The van der Waals surface area contributed by atoms with Crippen molar-refractivity contribution in [3.05, 3.63) is 40.7 Å². The normalized spacial score (nSPS) is 11.8. The van der Waals surface area contributed by atoms with Crippen molar-refractivity contribution in [3.8, 4) is 10.6 Å². The summed E-state index contributed by atoms with van der Waals surface area (Å²) in [5.41, 5.74) is -1.16. The van der Waals surface area contributed by atoms with Crippen molar-refractivity contribution in [2.45, 2.75) is 12.1 Å². The minimum atomic E-state index is -4.62. The Morgan fingerprint density at radius 3 is 2.56 bits per heavy atom. The van der Waals surface area contributed by atoms with Crippen LogP contribution in [0.4, 0.5) is 17.6 Å². The lowest BCUT2D eigenvalue weighted by molar-refractivity contribution is -0.137. The second kappa shape index (κ2) is 4.85. The fraction of sp³-hybridized carbons (Fsp3) is 0.182. The van der Waals surface area contributed by atoms with E-state index in [9.17, 15) is 17.6 Å². The first-order valence-electron chi connectivity index (χ1n) is 4.79. The van der Waals surface area contributed by atoms with Gasteiger partial charge >= 0.3 is 6.18 Å². The number of nitrogens with zero attached hydrogens (tertiary/aromatic N) is 1. The molecule has 0 unspecified atom stereocenters. The van der Waals surface area contributed by atoms with Gasteiger partial charge in [0.25, 0.3) is 0 Å². The smallest absolute Gasteiger partial charge is 0.244 e. The van der Waals surface area contributed by atoms with Crippen LogP contribution in [0, 0.1) is 5.82 Å². The lowest BCUT2D eigenvalue weighted by atomic mass is 10.1. The van der Waals surface area contributed by atoms with Gasteiger partial charge in [0, 0.05) is 16.6 Å². The van der Waals surface area contributed by atoms with E-state index < -0.39 is 17.6 Å². The first-order valence-corrected chi connectivity index (χ1v) is 6.14. The van der Waals surface area contributed by atoms with Crippen LogP contribution in [0.25, 0.3) is 10.6 Å². The van der Waals surface area contributed by atoms with Crippen LogP contribution in [0.15, 0.2) is 24.4 Å². The van der Waals surface area contributed by atoms with Gasteiger partial charge in [-0.1, -0.05) is 0 Å². The van der Waals surface area contributed by atoms with Gasteiger partial charge in [-0.15, -0.1) is 22.9 Å². The fourth-order valence-electron chi connectivity index (χ4n) is 1.43. The molecule has 0 aliphatic rings. The Bertz CT molecular complexity index is 564. The van der Waals surface area contributed by atoms with Gasteiger partial charge in [0.15, 0.2) is 0 Å². The van der Waals surface area contributed by atoms with Crippen LogP contribution in [0.1, 0.15) is 10.4 Å². The molecular weight excluding hydrogens is 290 g/mol. The van der Waals surface area contributed by atoms with Gasteiger partial charge in [-0.05, 0) is 18.2 Å². The highest BCUT2D eigenvalue weighted by Gasteiger charge is 2.34. The zero-order valence-electron chi connectivity index (χ0n) is 8.76. The number of benzene rings is 1. The van der Waals surface area contributed by atoms with Crippen molar-refractivity contribution >= 4 is 22.9 Å². The summed E-state index contributed by atoms with van der Waals surface area (Å²) in [5, 5.41) is 0.179. The molecule has 2 rings (SSSR count). The third-order valence-corrected chi connectivity index (χ3v) is 3.68. The number of rotatable bonds is 2. The third-order valence-electron chi connectivity index (χ3n) is 2.20. The number of hydrogen-bond acceptors (Lipinski definition) is 2. The molecule has 1 aromatic carbocycles. The second-order valence-corrected chi connectivity index (χ2v) is 4.84. The number of halogens is 5. The van der Waals surface area contributed by atoms with E-state index in [1.54, 1.807) is 0 Å². The molecule has 2 aromatic rings. The van der Waals surface area contributed by atoms with Crippen LogP contribution in [-0.2, 0) is 12.1 Å². The molecule has 0 saturated carbocycles. The Kier molecular flexibility index (Phi) is 3.59. The molecular formula is C11H6ClF4NS. The molecule has 0 amide bonds. The lowest BCUT2D eigenvalue weighted by Gasteiger charge is -2.10. The van der Waals surface area contributed by atoms with Gasteiger partial charge in [0.05, 0.1) is 11.4 Å². The molecule has 18 heavy (non-hydrogen) atoms. The molecule has 7 heteroatoms. The zero-order valence-corrected chi connectivity index (χ0v) is 10.3. The summed E-state index contributed by atoms with van der Waals surface area (Å²) in [6, 6.07) is 2.53. The minimum Gasteiger partial charge on any atom is -0.244 e. The summed E-state index contributed by atoms with van der Waals surface area (Å²) in [4.78, 5) is 4.53. The van der Waals surface area contributed by atoms with Gasteiger partial charge < -0.3 is 0 Å². The number of aromatic nitrogens is 1. The third kappa shape index (κ3) is 2.64. The Balaban J connectivity index is 2.56. The predicted octanol–water partition coefficient (Wildman–Crippen LogP) is 4.71. The van der Waals surface area contributed by atoms with Crippen LogP contribution in [-0.4, -0.2) is 4.98 Å². The van der Waals surface area contributed by atoms with Crippen molar-refractivity contribution in [3.63, 3.8) is 0 Å². The van der Waals surface area contributed by atoms with Crippen molar-refractivity contribution < 1.29 is 17.6 Å². The molecule has 0 bridgehead atoms. The van der Waals surface area contributed by atoms with Crippen molar-refractivity contribution in [1.29, 1.82) is 0 Å². The van der Waals surface area contributed by atoms with E-state index >= 15 is 0 Å². The van der Waals surface area contributed by atoms with Crippen LogP contribution in [0.2, 0.25) is 0 Å². The van der Waals surface area contributed by atoms with Crippen molar-refractivity contribution in [2.75, 3.05) is 0 Å². The van der Waals surface area contributed by atoms with E-state index in [2.05, 4.69) is 4.98 Å². The summed E-state index contributed by atoms with van der Waals surface area (Å²) in [6.45, 7) is 0. The molecule has 1 heterocycles. The summed E-state index contributed by atoms with van der Waals surface area (Å²) in [5.74, 6) is -0.750. The lowest BCUT2D eigenvalue weighted by Crippen LogP contribution is -2.07. The highest BCUT2D eigenvalue weighted by atomic mass is 35.5. The highest BCUT2D eigenvalue weighted by Crippen LogP contribution is 2.38. The van der Waals surface area contributed by atoms with E-state index in [0.717, 1.165) is 23.5 Å². The standard InChI is InChI=1S/C11H6ClF4NS/c12-4-7-5-17-10(18-7)8-2-1-6(13)3-9(8)11(14,15)16/h1-3,5H,4H2. The topological polar surface area (TPSA) is 12.9 Å². The van der Waals surface area contributed by atoms with Gasteiger partial charge in [-0.25, -0.2) is 9.37 Å². The summed E-state index contributed by atoms with van der Waals surface area (Å²) in [6.07, 6.45) is -3.21. The van der Waals surface area contributed by atoms with E-state index in [-0.39, 0.29) is 16.5 Å². The Hall–Kier alpha value is -1.14. The second-order valence-electron chi connectivity index (χ2n) is 3.45. The monoisotopic (exact) mass is 295 g/mol. The SMILES string of the molecule is Fc1ccc(-c2ncc(CCl)s2)c(C(F)(F)F)c1. The van der Waals surface area contributed by atoms with E-state index in [1.165, 1.54) is 6.20 Å². The molecule has 0 aliphatic carbocycles. The van der Waals surface area contributed by atoms with Gasteiger partial charge in [-0.3, -0.25) is 0 Å². The predicted molar refractivity (Wildman–Crippen MR) is 62.1 cm³/mol. The van der Waals surface area contributed by atoms with Crippen molar-refractivity contribution in [1.82, 2.24) is 4.98 Å². The Morgan fingerprint density at radius 1 is 1.28 bits per heavy atom. The molecule has 96 valence electrons. The highest BCUT2D eigenvalue weighted by molar-refractivity contribution is 7.15. The number of hydrogen-bond donors (Lipinski definition) is 0. The Labute approximate surface area is 109 Å². The molecule has 0 N–H and O–H groups in total. The largest absolute Gasteiger partial charge is 0.417 e. The van der Waals surface area contributed by atoms with Gasteiger partial charge in [0.1, 0.15) is 10.8 Å².